The van der Waals surface area contributed by atoms with E-state index in [-0.39, 0.29) is 27.6 Å². The van der Waals surface area contributed by atoms with Crippen LogP contribution in [0, 0.1) is 6.92 Å². The molecular weight excluding hydrogens is 600 g/mol. The van der Waals surface area contributed by atoms with E-state index in [1.807, 2.05) is 0 Å². The van der Waals surface area contributed by atoms with Crippen LogP contribution in [0.25, 0.3) is 10.8 Å². The van der Waals surface area contributed by atoms with Crippen LogP contribution in [0.5, 0.6) is 11.5 Å². The summed E-state index contributed by atoms with van der Waals surface area (Å²) in [5, 5.41) is 55.7. The Morgan fingerprint density at radius 1 is 0.978 bits per heavy atom. The number of phenols is 1. The van der Waals surface area contributed by atoms with Crippen molar-refractivity contribution in [3.05, 3.63) is 46.2 Å². The number of aliphatic hydroxyl groups is 4. The minimum Gasteiger partial charge on any atom is -0.507 e. The molecule has 0 spiro atoms. The molecule has 0 unspecified atom stereocenters. The molecule has 0 saturated carbocycles. The van der Waals surface area contributed by atoms with Crippen LogP contribution >= 0.6 is 0 Å². The molecule has 2 aromatic carbocycles. The van der Waals surface area contributed by atoms with Crippen LogP contribution in [0.1, 0.15) is 43.6 Å². The van der Waals surface area contributed by atoms with Gasteiger partial charge in [0, 0.05) is 31.2 Å². The van der Waals surface area contributed by atoms with Gasteiger partial charge in [-0.3, -0.25) is 14.4 Å². The van der Waals surface area contributed by atoms with Gasteiger partial charge in [-0.05, 0) is 36.9 Å². The fourth-order valence-corrected chi connectivity index (χ4v) is 6.42. The zero-order chi connectivity index (χ0) is 33.3. The summed E-state index contributed by atoms with van der Waals surface area (Å²) in [5.41, 5.74) is -8.69. The first kappa shape index (κ1) is 32.4. The third-order valence-corrected chi connectivity index (χ3v) is 8.77. The third-order valence-electron chi connectivity index (χ3n) is 8.77. The average molecular weight is 633 g/mol. The van der Waals surface area contributed by atoms with Crippen LogP contribution < -0.4 is 4.74 Å². The Labute approximate surface area is 255 Å². The van der Waals surface area contributed by atoms with Crippen molar-refractivity contribution in [1.29, 1.82) is 0 Å². The van der Waals surface area contributed by atoms with Gasteiger partial charge in [0.1, 0.15) is 41.1 Å². The molecule has 1 fully saturated rings. The van der Waals surface area contributed by atoms with Gasteiger partial charge in [-0.1, -0.05) is 0 Å². The molecule has 5 N–H and O–H groups in total. The maximum Gasteiger partial charge on any atom is 0.341 e. The number of esters is 1. The average Bonchev–Trinajstić information content (AvgIpc) is 3.01. The summed E-state index contributed by atoms with van der Waals surface area (Å²) in [7, 11) is 4.90. The van der Waals surface area contributed by atoms with E-state index < -0.39 is 94.0 Å². The lowest BCUT2D eigenvalue weighted by molar-refractivity contribution is -0.277. The molecule has 0 bridgehead atoms. The number of rotatable bonds is 6. The molecule has 0 aromatic heterocycles. The normalized spacial score (nSPS) is 32.9. The first-order valence-electron chi connectivity index (χ1n) is 13.6. The van der Waals surface area contributed by atoms with E-state index in [1.54, 1.807) is 6.92 Å². The molecule has 3 aliphatic rings. The van der Waals surface area contributed by atoms with E-state index in [1.165, 1.54) is 27.2 Å². The number of hydrogen-bond donors (Lipinski definition) is 5. The Balaban J connectivity index is 1.73. The zero-order valence-corrected chi connectivity index (χ0v) is 25.0. The lowest BCUT2D eigenvalue weighted by Crippen LogP contribution is -2.76. The van der Waals surface area contributed by atoms with Crippen molar-refractivity contribution in [1.82, 2.24) is 0 Å². The van der Waals surface area contributed by atoms with Gasteiger partial charge in [-0.15, -0.1) is 0 Å². The van der Waals surface area contributed by atoms with Crippen molar-refractivity contribution in [2.45, 2.75) is 61.9 Å². The lowest BCUT2D eigenvalue weighted by Gasteiger charge is -2.47. The topological polar surface area (TPSA) is 225 Å². The van der Waals surface area contributed by atoms with Gasteiger partial charge in [0.05, 0.1) is 25.9 Å². The molecular formula is C30H32O15. The number of carbonyl (C=O) groups excluding carboxylic acids is 4. The van der Waals surface area contributed by atoms with Crippen LogP contribution in [0.4, 0.5) is 0 Å². The molecule has 1 saturated heterocycles. The quantitative estimate of drug-likeness (QED) is 0.199. The molecule has 5 rings (SSSR count). The van der Waals surface area contributed by atoms with Crippen LogP contribution in [-0.4, -0.2) is 125 Å². The van der Waals surface area contributed by atoms with Gasteiger partial charge in [0.15, 0.2) is 6.10 Å². The highest BCUT2D eigenvalue weighted by molar-refractivity contribution is 6.35. The standard InChI is InChI=1S/C30H32O15/c1-10-17-12(8-14(18(10)27(37)43-6)45-28-21(33)23(42-5)22(41-4)11(2)44-28)7-13-19(20(17)32)26(36)29(38)16(31)9-15(40-3)25(35)30(29,39)24(13)34/h7-9,11,21-23,25,28,32-33,35,38-39H,1-6H3/t11-,21+,22-,23-,25+,28-,29+,30+/m0/s1. The molecule has 0 amide bonds. The molecule has 8 atom stereocenters. The van der Waals surface area contributed by atoms with Crippen molar-refractivity contribution in [2.24, 2.45) is 0 Å². The van der Waals surface area contributed by atoms with Gasteiger partial charge in [0.2, 0.25) is 34.8 Å². The van der Waals surface area contributed by atoms with E-state index in [2.05, 4.69) is 0 Å². The summed E-state index contributed by atoms with van der Waals surface area (Å²) >= 11 is 0. The van der Waals surface area contributed by atoms with Crippen molar-refractivity contribution in [3.63, 3.8) is 0 Å². The van der Waals surface area contributed by atoms with Crippen LogP contribution in [0.3, 0.4) is 0 Å². The predicted octanol–water partition coefficient (Wildman–Crippen LogP) is -0.530. The summed E-state index contributed by atoms with van der Waals surface area (Å²) in [6, 6.07) is 2.26. The van der Waals surface area contributed by atoms with E-state index >= 15 is 0 Å². The number of benzene rings is 2. The number of aromatic hydroxyl groups is 1. The maximum absolute atomic E-state index is 13.8. The zero-order valence-electron chi connectivity index (χ0n) is 25.0. The van der Waals surface area contributed by atoms with E-state index in [4.69, 9.17) is 28.4 Å². The molecule has 2 aliphatic carbocycles. The molecule has 15 heteroatoms. The summed E-state index contributed by atoms with van der Waals surface area (Å²) in [6.45, 7) is 3.03. The highest BCUT2D eigenvalue weighted by atomic mass is 16.7. The van der Waals surface area contributed by atoms with Crippen molar-refractivity contribution in [2.75, 3.05) is 28.4 Å². The molecule has 2 aromatic rings. The summed E-state index contributed by atoms with van der Waals surface area (Å²) in [6.07, 6.45) is -6.82. The SMILES string of the molecule is COC(=O)c1c(O[C@@H]2O[C@@H](C)[C@H](OC)[C@@H](OC)[C@H]2O)cc2cc3c(c(O)c2c1C)C(=O)[C@]1(O)C(=O)C=C(OC)[C@@H](O)[C@]1(O)C3=O. The largest absolute Gasteiger partial charge is 0.507 e. The van der Waals surface area contributed by atoms with Crippen LogP contribution in [-0.2, 0) is 28.5 Å². The number of Topliss-reactive ketones (excluding diaryl/α,β-unsaturated/α-hetero) is 2. The van der Waals surface area contributed by atoms with Gasteiger partial charge in [0.25, 0.3) is 0 Å². The second-order valence-corrected chi connectivity index (χ2v) is 11.0. The molecule has 15 nitrogen and oxygen atoms in total. The predicted molar refractivity (Wildman–Crippen MR) is 149 cm³/mol. The molecule has 242 valence electrons. The Morgan fingerprint density at radius 3 is 2.20 bits per heavy atom. The van der Waals surface area contributed by atoms with Crippen LogP contribution in [0.2, 0.25) is 0 Å². The number of fused-ring (bicyclic) bond motifs is 3. The highest BCUT2D eigenvalue weighted by Crippen LogP contribution is 2.49. The number of aliphatic hydroxyl groups excluding tert-OH is 2. The Hall–Kier alpha value is -3.96. The highest BCUT2D eigenvalue weighted by Gasteiger charge is 2.73. The smallest absolute Gasteiger partial charge is 0.341 e. The monoisotopic (exact) mass is 632 g/mol. The lowest BCUT2D eigenvalue weighted by atomic mass is 9.60. The number of methoxy groups -OCH3 is 4. The Kier molecular flexibility index (Phi) is 8.02. The van der Waals surface area contributed by atoms with E-state index in [0.29, 0.717) is 6.08 Å². The Morgan fingerprint density at radius 2 is 1.62 bits per heavy atom. The third kappa shape index (κ3) is 4.23. The second-order valence-electron chi connectivity index (χ2n) is 11.0. The molecule has 1 aliphatic heterocycles. The molecule has 45 heavy (non-hydrogen) atoms. The number of aryl methyl sites for hydroxylation is 1. The van der Waals surface area contributed by atoms with Gasteiger partial charge < -0.3 is 54.0 Å². The van der Waals surface area contributed by atoms with Gasteiger partial charge in [-0.2, -0.15) is 0 Å². The summed E-state index contributed by atoms with van der Waals surface area (Å²) < 4.78 is 32.4. The Bertz CT molecular complexity index is 1660. The second kappa shape index (κ2) is 11.1. The minimum atomic E-state index is -3.52. The van der Waals surface area contributed by atoms with Crippen molar-refractivity contribution < 1.29 is 73.1 Å². The fraction of sp³-hybridized carbons (Fsp3) is 0.467. The number of ketones is 3. The first-order valence-corrected chi connectivity index (χ1v) is 13.6. The number of ether oxygens (including phenoxy) is 6. The molecule has 1 heterocycles. The van der Waals surface area contributed by atoms with E-state index in [9.17, 15) is 44.7 Å². The minimum absolute atomic E-state index is 0.0165. The fourth-order valence-electron chi connectivity index (χ4n) is 6.42. The van der Waals surface area contributed by atoms with Crippen LogP contribution in [0.15, 0.2) is 24.0 Å². The maximum atomic E-state index is 13.8. The van der Waals surface area contributed by atoms with Crippen molar-refractivity contribution >= 4 is 34.1 Å². The van der Waals surface area contributed by atoms with E-state index in [0.717, 1.165) is 20.3 Å². The van der Waals surface area contributed by atoms with Gasteiger partial charge >= 0.3 is 5.97 Å². The summed E-state index contributed by atoms with van der Waals surface area (Å²) in [5.74, 6) is -7.16. The van der Waals surface area contributed by atoms with Gasteiger partial charge in [-0.25, -0.2) is 4.79 Å². The molecule has 0 radical (unpaired) electrons. The summed E-state index contributed by atoms with van der Waals surface area (Å²) in [4.78, 5) is 53.5. The number of hydrogen-bond acceptors (Lipinski definition) is 15. The first-order chi connectivity index (χ1) is 21.1. The van der Waals surface area contributed by atoms with Crippen molar-refractivity contribution in [3.8, 4) is 11.5 Å². The number of carbonyl (C=O) groups is 4. The number of phenolic OH excluding ortho intramolecular Hbond substituents is 1.